The summed E-state index contributed by atoms with van der Waals surface area (Å²) in [5, 5.41) is 6.54. The second-order valence-electron chi connectivity index (χ2n) is 7.55. The highest BCUT2D eigenvalue weighted by Gasteiger charge is 2.29. The van der Waals surface area contributed by atoms with Crippen molar-refractivity contribution in [2.24, 2.45) is 17.8 Å². The molecule has 0 radical (unpaired) electrons. The van der Waals surface area contributed by atoms with E-state index in [1.54, 1.807) is 0 Å². The molecule has 0 aromatic carbocycles. The number of piperidine rings is 1. The summed E-state index contributed by atoms with van der Waals surface area (Å²) in [6, 6.07) is 0.393. The zero-order valence-electron chi connectivity index (χ0n) is 15.1. The van der Waals surface area contributed by atoms with Crippen LogP contribution < -0.4 is 10.6 Å². The maximum atomic E-state index is 12.3. The van der Waals surface area contributed by atoms with Crippen molar-refractivity contribution in [1.82, 2.24) is 15.5 Å². The van der Waals surface area contributed by atoms with Crippen molar-refractivity contribution in [3.05, 3.63) is 0 Å². The monoisotopic (exact) mass is 345 g/mol. The average molecular weight is 346 g/mol. The smallest absolute Gasteiger partial charge is 0.234 e. The molecular weight excluding hydrogens is 310 g/mol. The molecule has 3 atom stereocenters. The lowest BCUT2D eigenvalue weighted by Crippen LogP contribution is -2.48. The van der Waals surface area contributed by atoms with E-state index in [0.717, 1.165) is 37.9 Å². The van der Waals surface area contributed by atoms with Crippen LogP contribution >= 0.6 is 12.4 Å². The second-order valence-corrected chi connectivity index (χ2v) is 7.55. The van der Waals surface area contributed by atoms with Crippen LogP contribution in [-0.4, -0.2) is 50.1 Å². The molecule has 136 valence electrons. The highest BCUT2D eigenvalue weighted by atomic mass is 35.5. The minimum absolute atomic E-state index is 0. The van der Waals surface area contributed by atoms with E-state index in [1.807, 2.05) is 7.05 Å². The largest absolute Gasteiger partial charge is 0.352 e. The first-order valence-corrected chi connectivity index (χ1v) is 9.26. The van der Waals surface area contributed by atoms with Crippen LogP contribution in [0, 0.1) is 17.8 Å². The number of carbonyl (C=O) groups is 1. The number of hydrogen-bond acceptors (Lipinski definition) is 3. The summed E-state index contributed by atoms with van der Waals surface area (Å²) >= 11 is 0. The number of rotatable bonds is 6. The summed E-state index contributed by atoms with van der Waals surface area (Å²) in [5.41, 5.74) is 0. The predicted octanol–water partition coefficient (Wildman–Crippen LogP) is 2.67. The van der Waals surface area contributed by atoms with Crippen LogP contribution in [0.3, 0.4) is 0 Å². The van der Waals surface area contributed by atoms with Crippen molar-refractivity contribution in [3.8, 4) is 0 Å². The van der Waals surface area contributed by atoms with Gasteiger partial charge in [0.15, 0.2) is 0 Å². The molecule has 2 fully saturated rings. The normalized spacial score (nSPS) is 29.8. The average Bonchev–Trinajstić information content (AvgIpc) is 2.51. The highest BCUT2D eigenvalue weighted by molar-refractivity contribution is 5.85. The maximum absolute atomic E-state index is 12.3. The Balaban J connectivity index is 0.00000264. The van der Waals surface area contributed by atoms with E-state index in [2.05, 4.69) is 29.4 Å². The van der Waals surface area contributed by atoms with Crippen LogP contribution in [0.4, 0.5) is 0 Å². The van der Waals surface area contributed by atoms with Gasteiger partial charge in [-0.05, 0) is 70.1 Å². The van der Waals surface area contributed by atoms with E-state index in [1.165, 1.54) is 32.1 Å². The second kappa shape index (κ2) is 10.5. The molecule has 2 N–H and O–H groups in total. The molecule has 1 aliphatic carbocycles. The van der Waals surface area contributed by atoms with Crippen molar-refractivity contribution < 1.29 is 4.79 Å². The summed E-state index contributed by atoms with van der Waals surface area (Å²) in [4.78, 5) is 14.7. The van der Waals surface area contributed by atoms with Gasteiger partial charge < -0.3 is 10.6 Å². The van der Waals surface area contributed by atoms with E-state index in [9.17, 15) is 4.79 Å². The van der Waals surface area contributed by atoms with Gasteiger partial charge in [-0.25, -0.2) is 0 Å². The van der Waals surface area contributed by atoms with Gasteiger partial charge in [0.2, 0.25) is 5.91 Å². The summed E-state index contributed by atoms with van der Waals surface area (Å²) < 4.78 is 0. The Hall–Kier alpha value is -0.320. The Kier molecular flexibility index (Phi) is 9.48. The third-order valence-electron chi connectivity index (χ3n) is 5.93. The fraction of sp³-hybridized carbons (Fsp3) is 0.944. The Morgan fingerprint density at radius 2 is 1.83 bits per heavy atom. The van der Waals surface area contributed by atoms with Gasteiger partial charge in [-0.15, -0.1) is 12.4 Å². The van der Waals surface area contributed by atoms with Crippen LogP contribution in [0.5, 0.6) is 0 Å². The molecule has 1 aliphatic heterocycles. The van der Waals surface area contributed by atoms with Gasteiger partial charge in [-0.2, -0.15) is 0 Å². The molecule has 23 heavy (non-hydrogen) atoms. The first-order valence-electron chi connectivity index (χ1n) is 9.26. The molecule has 4 nitrogen and oxygen atoms in total. The fourth-order valence-electron chi connectivity index (χ4n) is 4.02. The lowest BCUT2D eigenvalue weighted by Gasteiger charge is -2.36. The van der Waals surface area contributed by atoms with Crippen LogP contribution in [0.2, 0.25) is 0 Å². The standard InChI is InChI=1S/C18H35N3O.ClH/c1-14-5-4-6-17(15(14)2)20-18(22)13-21-11-8-16(9-12-21)7-10-19-3;/h14-17,19H,4-13H2,1-3H3,(H,20,22);1H. The number of hydrogen-bond donors (Lipinski definition) is 2. The van der Waals surface area contributed by atoms with Gasteiger partial charge in [0.25, 0.3) is 0 Å². The quantitative estimate of drug-likeness (QED) is 0.778. The fourth-order valence-corrected chi connectivity index (χ4v) is 4.02. The number of halogens is 1. The molecule has 1 heterocycles. The lowest BCUT2D eigenvalue weighted by molar-refractivity contribution is -0.124. The zero-order valence-corrected chi connectivity index (χ0v) is 16.0. The van der Waals surface area contributed by atoms with Gasteiger partial charge in [0, 0.05) is 6.04 Å². The van der Waals surface area contributed by atoms with Crippen molar-refractivity contribution in [2.45, 2.75) is 58.4 Å². The molecule has 0 spiro atoms. The Labute approximate surface area is 148 Å². The molecule has 0 bridgehead atoms. The van der Waals surface area contributed by atoms with Crippen molar-refractivity contribution in [3.63, 3.8) is 0 Å². The molecule has 1 saturated carbocycles. The third-order valence-corrected chi connectivity index (χ3v) is 5.93. The maximum Gasteiger partial charge on any atom is 0.234 e. The molecule has 1 saturated heterocycles. The Morgan fingerprint density at radius 3 is 2.48 bits per heavy atom. The first-order chi connectivity index (χ1) is 10.6. The third kappa shape index (κ3) is 6.60. The van der Waals surface area contributed by atoms with Crippen LogP contribution in [0.15, 0.2) is 0 Å². The number of nitrogens with one attached hydrogen (secondary N) is 2. The lowest BCUT2D eigenvalue weighted by atomic mass is 9.78. The van der Waals surface area contributed by atoms with Gasteiger partial charge in [-0.3, -0.25) is 9.69 Å². The van der Waals surface area contributed by atoms with Crippen LogP contribution in [0.25, 0.3) is 0 Å². The first kappa shape index (κ1) is 20.7. The molecule has 2 rings (SSSR count). The highest BCUT2D eigenvalue weighted by Crippen LogP contribution is 2.29. The zero-order chi connectivity index (χ0) is 15.9. The van der Waals surface area contributed by atoms with Gasteiger partial charge in [0.05, 0.1) is 6.54 Å². The summed E-state index contributed by atoms with van der Waals surface area (Å²) in [6.45, 7) is 8.48. The topological polar surface area (TPSA) is 44.4 Å². The summed E-state index contributed by atoms with van der Waals surface area (Å²) in [6.07, 6.45) is 7.48. The van der Waals surface area contributed by atoms with E-state index in [4.69, 9.17) is 0 Å². The van der Waals surface area contributed by atoms with E-state index in [-0.39, 0.29) is 18.3 Å². The summed E-state index contributed by atoms with van der Waals surface area (Å²) in [7, 11) is 2.02. The van der Waals surface area contributed by atoms with Gasteiger partial charge in [0.1, 0.15) is 0 Å². The van der Waals surface area contributed by atoms with Crippen molar-refractivity contribution in [2.75, 3.05) is 33.2 Å². The molecule has 2 aliphatic rings. The molecule has 0 aromatic heterocycles. The van der Waals surface area contributed by atoms with E-state index < -0.39 is 0 Å². The summed E-state index contributed by atoms with van der Waals surface area (Å²) in [5.74, 6) is 2.43. The van der Waals surface area contributed by atoms with E-state index in [0.29, 0.717) is 18.5 Å². The minimum atomic E-state index is 0. The SMILES string of the molecule is CNCCC1CCN(CC(=O)NC2CCCC(C)C2C)CC1.Cl. The number of likely N-dealkylation sites (tertiary alicyclic amines) is 1. The molecule has 0 aromatic rings. The molecular formula is C18H36ClN3O. The van der Waals surface area contributed by atoms with Gasteiger partial charge >= 0.3 is 0 Å². The van der Waals surface area contributed by atoms with E-state index >= 15 is 0 Å². The molecule has 5 heteroatoms. The molecule has 3 unspecified atom stereocenters. The number of amides is 1. The Bertz CT molecular complexity index is 345. The van der Waals surface area contributed by atoms with Crippen molar-refractivity contribution in [1.29, 1.82) is 0 Å². The minimum Gasteiger partial charge on any atom is -0.352 e. The number of carbonyl (C=O) groups excluding carboxylic acids is 1. The van der Waals surface area contributed by atoms with Gasteiger partial charge in [-0.1, -0.05) is 26.7 Å². The predicted molar refractivity (Wildman–Crippen MR) is 99.1 cm³/mol. The molecule has 1 amide bonds. The van der Waals surface area contributed by atoms with Crippen LogP contribution in [0.1, 0.15) is 52.4 Å². The van der Waals surface area contributed by atoms with Crippen LogP contribution in [-0.2, 0) is 4.79 Å². The number of nitrogens with zero attached hydrogens (tertiary/aromatic N) is 1. The van der Waals surface area contributed by atoms with Crippen molar-refractivity contribution >= 4 is 18.3 Å². The Morgan fingerprint density at radius 1 is 1.13 bits per heavy atom.